The number of phenols is 1. The van der Waals surface area contributed by atoms with E-state index in [2.05, 4.69) is 24.3 Å². The van der Waals surface area contributed by atoms with E-state index in [0.29, 0.717) is 12.5 Å². The van der Waals surface area contributed by atoms with Gasteiger partial charge in [0.05, 0.1) is 6.61 Å². The van der Waals surface area contributed by atoms with Crippen LogP contribution in [0, 0.1) is 0 Å². The normalized spacial score (nSPS) is 18.2. The van der Waals surface area contributed by atoms with Crippen molar-refractivity contribution in [2.45, 2.75) is 12.3 Å². The summed E-state index contributed by atoms with van der Waals surface area (Å²) in [5, 5.41) is 9.39. The number of phenolic OH excluding ortho intramolecular Hbond substituents is 1. The van der Waals surface area contributed by atoms with Crippen molar-refractivity contribution >= 4 is 0 Å². The summed E-state index contributed by atoms with van der Waals surface area (Å²) in [5.74, 6) is 1.49. The molecule has 2 aromatic rings. The Balaban J connectivity index is 1.88. The lowest BCUT2D eigenvalue weighted by Crippen LogP contribution is -2.18. The second kappa shape index (κ2) is 4.13. The van der Waals surface area contributed by atoms with Crippen LogP contribution in [0.15, 0.2) is 48.5 Å². The summed E-state index contributed by atoms with van der Waals surface area (Å²) >= 11 is 0. The van der Waals surface area contributed by atoms with Gasteiger partial charge < -0.3 is 9.84 Å². The predicted molar refractivity (Wildman–Crippen MR) is 66.5 cm³/mol. The molecule has 0 amide bonds. The first kappa shape index (κ1) is 10.2. The summed E-state index contributed by atoms with van der Waals surface area (Å²) in [4.78, 5) is 0. The van der Waals surface area contributed by atoms with Gasteiger partial charge in [-0.15, -0.1) is 0 Å². The van der Waals surface area contributed by atoms with Gasteiger partial charge in [0, 0.05) is 12.0 Å². The molecule has 2 heteroatoms. The van der Waals surface area contributed by atoms with Crippen LogP contribution < -0.4 is 4.74 Å². The molecule has 1 atom stereocenters. The molecule has 1 aliphatic heterocycles. The van der Waals surface area contributed by atoms with Crippen molar-refractivity contribution in [3.05, 3.63) is 59.7 Å². The lowest BCUT2D eigenvalue weighted by atomic mass is 9.90. The van der Waals surface area contributed by atoms with E-state index in [0.717, 1.165) is 12.2 Å². The molecule has 0 bridgehead atoms. The third-order valence-corrected chi connectivity index (χ3v) is 3.23. The van der Waals surface area contributed by atoms with E-state index in [1.54, 1.807) is 12.1 Å². The summed E-state index contributed by atoms with van der Waals surface area (Å²) in [5.41, 5.74) is 2.48. The monoisotopic (exact) mass is 226 g/mol. The molecule has 2 nitrogen and oxygen atoms in total. The van der Waals surface area contributed by atoms with E-state index in [4.69, 9.17) is 4.74 Å². The highest BCUT2D eigenvalue weighted by Gasteiger charge is 2.21. The van der Waals surface area contributed by atoms with E-state index in [-0.39, 0.29) is 5.75 Å². The van der Waals surface area contributed by atoms with Gasteiger partial charge in [0.25, 0.3) is 0 Å². The molecule has 0 saturated carbocycles. The Bertz CT molecular complexity index is 520. The Hall–Kier alpha value is -1.96. The molecule has 1 unspecified atom stereocenters. The smallest absolute Gasteiger partial charge is 0.126 e. The molecule has 86 valence electrons. The van der Waals surface area contributed by atoms with Crippen molar-refractivity contribution in [3.8, 4) is 11.5 Å². The van der Waals surface area contributed by atoms with Crippen molar-refractivity contribution in [1.29, 1.82) is 0 Å². The van der Waals surface area contributed by atoms with Gasteiger partial charge in [-0.25, -0.2) is 0 Å². The van der Waals surface area contributed by atoms with Gasteiger partial charge in [0.15, 0.2) is 0 Å². The average Bonchev–Trinajstić information content (AvgIpc) is 2.39. The molecule has 0 aromatic heterocycles. The van der Waals surface area contributed by atoms with E-state index in [1.807, 2.05) is 12.1 Å². The van der Waals surface area contributed by atoms with Gasteiger partial charge in [-0.3, -0.25) is 0 Å². The zero-order chi connectivity index (χ0) is 11.7. The van der Waals surface area contributed by atoms with Crippen LogP contribution in [0.2, 0.25) is 0 Å². The number of rotatable bonds is 1. The Morgan fingerprint density at radius 1 is 1.06 bits per heavy atom. The standard InChI is InChI=1S/C15H14O2/c16-14-7-6-12-8-13(10-17-15(12)9-14)11-4-2-1-3-5-11/h1-7,9,13,16H,8,10H2. The van der Waals surface area contributed by atoms with Crippen LogP contribution in [-0.2, 0) is 6.42 Å². The maximum Gasteiger partial charge on any atom is 0.126 e. The molecule has 2 aromatic carbocycles. The van der Waals surface area contributed by atoms with Crippen LogP contribution in [0.5, 0.6) is 11.5 Å². The lowest BCUT2D eigenvalue weighted by Gasteiger charge is -2.25. The van der Waals surface area contributed by atoms with Gasteiger partial charge >= 0.3 is 0 Å². The Kier molecular flexibility index (Phi) is 2.48. The zero-order valence-electron chi connectivity index (χ0n) is 9.47. The highest BCUT2D eigenvalue weighted by molar-refractivity contribution is 5.42. The second-order valence-electron chi connectivity index (χ2n) is 4.41. The summed E-state index contributed by atoms with van der Waals surface area (Å²) < 4.78 is 5.71. The molecule has 1 N–H and O–H groups in total. The van der Waals surface area contributed by atoms with Gasteiger partial charge in [0.2, 0.25) is 0 Å². The summed E-state index contributed by atoms with van der Waals surface area (Å²) in [7, 11) is 0. The summed E-state index contributed by atoms with van der Waals surface area (Å²) in [6, 6.07) is 15.8. The van der Waals surface area contributed by atoms with Gasteiger partial charge in [-0.1, -0.05) is 36.4 Å². The number of aromatic hydroxyl groups is 1. The minimum atomic E-state index is 0.266. The maximum absolute atomic E-state index is 9.39. The Labute approximate surface area is 100 Å². The largest absolute Gasteiger partial charge is 0.508 e. The SMILES string of the molecule is Oc1ccc2c(c1)OCC(c1ccccc1)C2. The van der Waals surface area contributed by atoms with Crippen molar-refractivity contribution < 1.29 is 9.84 Å². The van der Waals surface area contributed by atoms with Crippen LogP contribution in [0.25, 0.3) is 0 Å². The quantitative estimate of drug-likeness (QED) is 0.809. The van der Waals surface area contributed by atoms with Gasteiger partial charge in [0.1, 0.15) is 11.5 Å². The third kappa shape index (κ3) is 1.98. The molecule has 3 rings (SSSR count). The molecule has 0 aliphatic carbocycles. The first-order valence-electron chi connectivity index (χ1n) is 5.82. The number of ether oxygens (including phenoxy) is 1. The topological polar surface area (TPSA) is 29.5 Å². The second-order valence-corrected chi connectivity index (χ2v) is 4.41. The summed E-state index contributed by atoms with van der Waals surface area (Å²) in [6.45, 7) is 0.681. The molecule has 0 spiro atoms. The van der Waals surface area contributed by atoms with E-state index >= 15 is 0 Å². The fourth-order valence-electron chi connectivity index (χ4n) is 2.30. The van der Waals surface area contributed by atoms with E-state index < -0.39 is 0 Å². The van der Waals surface area contributed by atoms with Crippen molar-refractivity contribution in [1.82, 2.24) is 0 Å². The minimum Gasteiger partial charge on any atom is -0.508 e. The summed E-state index contributed by atoms with van der Waals surface area (Å²) in [6.07, 6.45) is 0.972. The zero-order valence-corrected chi connectivity index (χ0v) is 9.47. The first-order valence-corrected chi connectivity index (χ1v) is 5.82. The van der Waals surface area contributed by atoms with E-state index in [9.17, 15) is 5.11 Å². The predicted octanol–water partition coefficient (Wildman–Crippen LogP) is 3.11. The third-order valence-electron chi connectivity index (χ3n) is 3.23. The molecule has 0 fully saturated rings. The molecule has 17 heavy (non-hydrogen) atoms. The minimum absolute atomic E-state index is 0.266. The fourth-order valence-corrected chi connectivity index (χ4v) is 2.30. The number of fused-ring (bicyclic) bond motifs is 1. The molecular formula is C15H14O2. The molecule has 1 heterocycles. The Morgan fingerprint density at radius 3 is 2.71 bits per heavy atom. The van der Waals surface area contributed by atoms with Crippen LogP contribution in [0.1, 0.15) is 17.0 Å². The fraction of sp³-hybridized carbons (Fsp3) is 0.200. The highest BCUT2D eigenvalue weighted by Crippen LogP contribution is 2.34. The van der Waals surface area contributed by atoms with Gasteiger partial charge in [-0.2, -0.15) is 0 Å². The van der Waals surface area contributed by atoms with E-state index in [1.165, 1.54) is 11.1 Å². The highest BCUT2D eigenvalue weighted by atomic mass is 16.5. The maximum atomic E-state index is 9.39. The molecule has 1 aliphatic rings. The van der Waals surface area contributed by atoms with Gasteiger partial charge in [-0.05, 0) is 23.6 Å². The van der Waals surface area contributed by atoms with Crippen molar-refractivity contribution in [2.75, 3.05) is 6.61 Å². The lowest BCUT2D eigenvalue weighted by molar-refractivity contribution is 0.261. The van der Waals surface area contributed by atoms with Crippen molar-refractivity contribution in [3.63, 3.8) is 0 Å². The molecule has 0 radical (unpaired) electrons. The molecular weight excluding hydrogens is 212 g/mol. The number of benzene rings is 2. The van der Waals surface area contributed by atoms with Crippen LogP contribution in [0.3, 0.4) is 0 Å². The van der Waals surface area contributed by atoms with Crippen LogP contribution in [-0.4, -0.2) is 11.7 Å². The number of hydrogen-bond acceptors (Lipinski definition) is 2. The molecule has 0 saturated heterocycles. The first-order chi connectivity index (χ1) is 8.33. The average molecular weight is 226 g/mol. The van der Waals surface area contributed by atoms with Crippen LogP contribution in [0.4, 0.5) is 0 Å². The van der Waals surface area contributed by atoms with Crippen molar-refractivity contribution in [2.24, 2.45) is 0 Å². The Morgan fingerprint density at radius 2 is 1.88 bits per heavy atom. The van der Waals surface area contributed by atoms with Crippen LogP contribution >= 0.6 is 0 Å². The number of hydrogen-bond donors (Lipinski definition) is 1.